The van der Waals surface area contributed by atoms with Crippen LogP contribution < -0.4 is 5.73 Å². The first-order valence-electron chi connectivity index (χ1n) is 6.79. The Hall–Kier alpha value is -2.77. The quantitative estimate of drug-likeness (QED) is 0.747. The molecule has 1 saturated carbocycles. The number of aromatic amines is 1. The van der Waals surface area contributed by atoms with Crippen LogP contribution in [0, 0.1) is 6.92 Å². The number of hydrogen-bond acceptors (Lipinski definition) is 6. The molecule has 1 aliphatic carbocycles. The zero-order valence-corrected chi connectivity index (χ0v) is 11.5. The highest BCUT2D eigenvalue weighted by Crippen LogP contribution is 2.39. The molecule has 0 amide bonds. The zero-order valence-electron chi connectivity index (χ0n) is 11.5. The molecule has 0 atom stereocenters. The highest BCUT2D eigenvalue weighted by Gasteiger charge is 2.30. The summed E-state index contributed by atoms with van der Waals surface area (Å²) in [4.78, 5) is 13.0. The molecule has 1 fully saturated rings. The van der Waals surface area contributed by atoms with Crippen LogP contribution in [0.15, 0.2) is 18.3 Å². The van der Waals surface area contributed by atoms with Crippen molar-refractivity contribution in [1.29, 1.82) is 0 Å². The van der Waals surface area contributed by atoms with Crippen LogP contribution in [0.25, 0.3) is 17.3 Å². The van der Waals surface area contributed by atoms with Gasteiger partial charge in [-0.05, 0) is 31.9 Å². The van der Waals surface area contributed by atoms with Gasteiger partial charge in [0.15, 0.2) is 11.6 Å². The number of nitrogens with two attached hydrogens (primary N) is 1. The number of nitrogen functional groups attached to an aromatic ring is 1. The Bertz CT molecular complexity index is 798. The Balaban J connectivity index is 1.88. The van der Waals surface area contributed by atoms with Gasteiger partial charge in [-0.25, -0.2) is 9.67 Å². The molecule has 0 unspecified atom stereocenters. The second-order valence-electron chi connectivity index (χ2n) is 5.18. The lowest BCUT2D eigenvalue weighted by Gasteiger charge is -2.04. The standard InChI is InChI=1S/C13H14N8/c1-7-6-9(4-5-15-7)21-12(11-17-13(14)19-18-11)16-10(20-21)8-2-3-8/h4-6,8H,2-3H2,1H3,(H3,14,17,18,19). The van der Waals surface area contributed by atoms with Gasteiger partial charge in [0, 0.05) is 17.8 Å². The number of anilines is 1. The van der Waals surface area contributed by atoms with E-state index in [1.807, 2.05) is 19.1 Å². The summed E-state index contributed by atoms with van der Waals surface area (Å²) in [6, 6.07) is 3.84. The van der Waals surface area contributed by atoms with Gasteiger partial charge in [-0.15, -0.1) is 5.10 Å². The first kappa shape index (κ1) is 12.0. The number of rotatable bonds is 3. The maximum atomic E-state index is 5.59. The summed E-state index contributed by atoms with van der Waals surface area (Å²) >= 11 is 0. The molecule has 3 heterocycles. The van der Waals surface area contributed by atoms with Crippen molar-refractivity contribution in [3.8, 4) is 17.3 Å². The highest BCUT2D eigenvalue weighted by atomic mass is 15.4. The van der Waals surface area contributed by atoms with Crippen molar-refractivity contribution in [2.24, 2.45) is 0 Å². The number of hydrogen-bond donors (Lipinski definition) is 2. The Kier molecular flexibility index (Phi) is 2.50. The van der Waals surface area contributed by atoms with E-state index in [1.54, 1.807) is 10.9 Å². The Morgan fingerprint density at radius 1 is 1.33 bits per heavy atom. The minimum atomic E-state index is 0.193. The van der Waals surface area contributed by atoms with E-state index in [9.17, 15) is 0 Å². The van der Waals surface area contributed by atoms with E-state index < -0.39 is 0 Å². The maximum Gasteiger partial charge on any atom is 0.239 e. The van der Waals surface area contributed by atoms with Crippen molar-refractivity contribution in [2.45, 2.75) is 25.7 Å². The van der Waals surface area contributed by atoms with Crippen LogP contribution in [0.3, 0.4) is 0 Å². The number of aryl methyl sites for hydroxylation is 1. The maximum absolute atomic E-state index is 5.59. The summed E-state index contributed by atoms with van der Waals surface area (Å²) in [5.41, 5.74) is 7.40. The molecule has 106 valence electrons. The molecule has 3 aromatic heterocycles. The van der Waals surface area contributed by atoms with Gasteiger partial charge in [0.1, 0.15) is 0 Å². The molecule has 4 rings (SSSR count). The van der Waals surface area contributed by atoms with Gasteiger partial charge >= 0.3 is 0 Å². The minimum Gasteiger partial charge on any atom is -0.366 e. The molecule has 8 heteroatoms. The van der Waals surface area contributed by atoms with Crippen molar-refractivity contribution in [3.63, 3.8) is 0 Å². The van der Waals surface area contributed by atoms with Crippen molar-refractivity contribution in [2.75, 3.05) is 5.73 Å². The average molecular weight is 282 g/mol. The normalized spacial score (nSPS) is 14.5. The van der Waals surface area contributed by atoms with Gasteiger partial charge in [-0.3, -0.25) is 10.1 Å². The minimum absolute atomic E-state index is 0.193. The van der Waals surface area contributed by atoms with Crippen molar-refractivity contribution in [1.82, 2.24) is 34.9 Å². The molecule has 21 heavy (non-hydrogen) atoms. The molecule has 3 aromatic rings. The van der Waals surface area contributed by atoms with Crippen LogP contribution in [0.5, 0.6) is 0 Å². The molecule has 1 aliphatic rings. The molecule has 0 bridgehead atoms. The van der Waals surface area contributed by atoms with Crippen LogP contribution in [-0.2, 0) is 0 Å². The zero-order chi connectivity index (χ0) is 14.4. The van der Waals surface area contributed by atoms with E-state index in [4.69, 9.17) is 5.73 Å². The largest absolute Gasteiger partial charge is 0.366 e. The summed E-state index contributed by atoms with van der Waals surface area (Å²) in [5.74, 6) is 2.62. The number of nitrogens with zero attached hydrogens (tertiary/aromatic N) is 6. The molecule has 3 N–H and O–H groups in total. The molecular formula is C13H14N8. The summed E-state index contributed by atoms with van der Waals surface area (Å²) in [6.45, 7) is 1.94. The lowest BCUT2D eigenvalue weighted by atomic mass is 10.3. The summed E-state index contributed by atoms with van der Waals surface area (Å²) < 4.78 is 1.77. The van der Waals surface area contributed by atoms with Crippen LogP contribution in [0.1, 0.15) is 30.3 Å². The van der Waals surface area contributed by atoms with E-state index in [0.29, 0.717) is 17.6 Å². The summed E-state index contributed by atoms with van der Waals surface area (Å²) in [6.07, 6.45) is 4.02. The van der Waals surface area contributed by atoms with Gasteiger partial charge in [0.2, 0.25) is 11.8 Å². The molecule has 0 radical (unpaired) electrons. The lowest BCUT2D eigenvalue weighted by Crippen LogP contribution is -2.02. The first-order chi connectivity index (χ1) is 10.2. The molecule has 8 nitrogen and oxygen atoms in total. The van der Waals surface area contributed by atoms with Crippen LogP contribution in [0.2, 0.25) is 0 Å². The SMILES string of the molecule is Cc1cc(-n2nc(C3CC3)nc2-c2nc(N)n[nH]2)ccn1. The number of nitrogens with one attached hydrogen (secondary N) is 1. The van der Waals surface area contributed by atoms with E-state index >= 15 is 0 Å². The van der Waals surface area contributed by atoms with Gasteiger partial charge in [-0.1, -0.05) is 0 Å². The fourth-order valence-electron chi connectivity index (χ4n) is 2.21. The van der Waals surface area contributed by atoms with Crippen molar-refractivity contribution < 1.29 is 0 Å². The third-order valence-electron chi connectivity index (χ3n) is 3.41. The smallest absolute Gasteiger partial charge is 0.239 e. The highest BCUT2D eigenvalue weighted by molar-refractivity contribution is 5.50. The van der Waals surface area contributed by atoms with Crippen molar-refractivity contribution >= 4 is 5.95 Å². The van der Waals surface area contributed by atoms with Crippen LogP contribution >= 0.6 is 0 Å². The lowest BCUT2D eigenvalue weighted by molar-refractivity contribution is 0.832. The molecule has 0 saturated heterocycles. The fraction of sp³-hybridized carbons (Fsp3) is 0.308. The second kappa shape index (κ2) is 4.37. The van der Waals surface area contributed by atoms with Crippen LogP contribution in [0.4, 0.5) is 5.95 Å². The topological polar surface area (TPSA) is 111 Å². The number of H-pyrrole nitrogens is 1. The molecule has 0 aliphatic heterocycles. The third-order valence-corrected chi connectivity index (χ3v) is 3.41. The summed E-state index contributed by atoms with van der Waals surface area (Å²) in [5, 5.41) is 11.3. The van der Waals surface area contributed by atoms with E-state index in [1.165, 1.54) is 0 Å². The van der Waals surface area contributed by atoms with E-state index in [0.717, 1.165) is 30.0 Å². The van der Waals surface area contributed by atoms with Crippen LogP contribution in [-0.4, -0.2) is 34.9 Å². The number of aromatic nitrogens is 7. The van der Waals surface area contributed by atoms with Gasteiger partial charge in [0.05, 0.1) is 5.69 Å². The molecule has 0 aromatic carbocycles. The van der Waals surface area contributed by atoms with E-state index in [2.05, 4.69) is 30.2 Å². The Morgan fingerprint density at radius 2 is 2.19 bits per heavy atom. The predicted molar refractivity (Wildman–Crippen MR) is 75.7 cm³/mol. The predicted octanol–water partition coefficient (Wildman–Crippen LogP) is 1.22. The Labute approximate surface area is 120 Å². The third kappa shape index (κ3) is 2.14. The second-order valence-corrected chi connectivity index (χ2v) is 5.18. The van der Waals surface area contributed by atoms with E-state index in [-0.39, 0.29) is 5.95 Å². The Morgan fingerprint density at radius 3 is 2.86 bits per heavy atom. The average Bonchev–Trinajstić information content (AvgIpc) is 3.07. The summed E-state index contributed by atoms with van der Waals surface area (Å²) in [7, 11) is 0. The molecule has 0 spiro atoms. The molecular weight excluding hydrogens is 268 g/mol. The van der Waals surface area contributed by atoms with Gasteiger partial charge in [-0.2, -0.15) is 10.1 Å². The monoisotopic (exact) mass is 282 g/mol. The number of pyridine rings is 1. The fourth-order valence-corrected chi connectivity index (χ4v) is 2.21. The van der Waals surface area contributed by atoms with Crippen molar-refractivity contribution in [3.05, 3.63) is 29.8 Å². The van der Waals surface area contributed by atoms with Gasteiger partial charge < -0.3 is 5.73 Å². The first-order valence-corrected chi connectivity index (χ1v) is 6.79. The van der Waals surface area contributed by atoms with Gasteiger partial charge in [0.25, 0.3) is 0 Å².